The van der Waals surface area contributed by atoms with Crippen molar-refractivity contribution in [2.24, 2.45) is 5.92 Å². The molecule has 1 N–H and O–H groups in total. The average molecular weight is 564 g/mol. The Kier molecular flexibility index (Phi) is 8.93. The molecule has 4 rings (SSSR count). The summed E-state index contributed by atoms with van der Waals surface area (Å²) in [6.07, 6.45) is 2.83. The molecule has 0 saturated carbocycles. The summed E-state index contributed by atoms with van der Waals surface area (Å²) in [6.45, 7) is 7.06. The molecule has 2 aromatic rings. The topological polar surface area (TPSA) is 113 Å². The predicted molar refractivity (Wildman–Crippen MR) is 146 cm³/mol. The van der Waals surface area contributed by atoms with E-state index < -0.39 is 26.0 Å². The van der Waals surface area contributed by atoms with E-state index in [9.17, 15) is 21.6 Å². The van der Waals surface area contributed by atoms with Crippen LogP contribution >= 0.6 is 0 Å². The van der Waals surface area contributed by atoms with Gasteiger partial charge in [0.15, 0.2) is 0 Å². The molecule has 1 atom stereocenters. The maximum atomic E-state index is 13.6. The smallest absolute Gasteiger partial charge is 0.243 e. The van der Waals surface area contributed by atoms with Gasteiger partial charge in [-0.1, -0.05) is 13.0 Å². The molecule has 0 radical (unpaired) electrons. The number of anilines is 1. The van der Waals surface area contributed by atoms with Crippen molar-refractivity contribution in [2.75, 3.05) is 38.1 Å². The van der Waals surface area contributed by atoms with Gasteiger partial charge in [-0.2, -0.15) is 8.61 Å². The summed E-state index contributed by atoms with van der Waals surface area (Å²) in [4.78, 5) is 12.9. The van der Waals surface area contributed by atoms with Gasteiger partial charge in [0.1, 0.15) is 0 Å². The van der Waals surface area contributed by atoms with Crippen LogP contribution in [0, 0.1) is 19.8 Å². The number of carbonyl (C=O) groups excluding carboxylic acids is 1. The Morgan fingerprint density at radius 1 is 0.974 bits per heavy atom. The van der Waals surface area contributed by atoms with Crippen LogP contribution in [0.3, 0.4) is 0 Å². The third-order valence-corrected chi connectivity index (χ3v) is 10.8. The van der Waals surface area contributed by atoms with E-state index in [4.69, 9.17) is 4.74 Å². The van der Waals surface area contributed by atoms with Gasteiger partial charge in [0.05, 0.1) is 22.4 Å². The van der Waals surface area contributed by atoms with Gasteiger partial charge in [0.25, 0.3) is 0 Å². The Morgan fingerprint density at radius 2 is 1.58 bits per heavy atom. The molecule has 0 unspecified atom stereocenters. The van der Waals surface area contributed by atoms with Gasteiger partial charge < -0.3 is 10.1 Å². The molecule has 0 spiro atoms. The molecule has 2 saturated heterocycles. The molecule has 2 heterocycles. The van der Waals surface area contributed by atoms with Crippen LogP contribution in [-0.2, 0) is 29.6 Å². The second kappa shape index (κ2) is 11.8. The third-order valence-electron chi connectivity index (χ3n) is 7.10. The summed E-state index contributed by atoms with van der Waals surface area (Å²) in [5.74, 6) is 0.0195. The fourth-order valence-electron chi connectivity index (χ4n) is 4.98. The zero-order chi connectivity index (χ0) is 27.5. The Morgan fingerprint density at radius 3 is 2.16 bits per heavy atom. The maximum absolute atomic E-state index is 13.6. The highest BCUT2D eigenvalue weighted by atomic mass is 32.2. The molecule has 2 aromatic carbocycles. The lowest BCUT2D eigenvalue weighted by Gasteiger charge is -2.29. The van der Waals surface area contributed by atoms with E-state index in [1.54, 1.807) is 0 Å². The number of nitrogens with one attached hydrogen (secondary N) is 1. The monoisotopic (exact) mass is 563 g/mol. The minimum absolute atomic E-state index is 0.0363. The summed E-state index contributed by atoms with van der Waals surface area (Å²) in [7, 11) is -7.81. The van der Waals surface area contributed by atoms with Crippen molar-refractivity contribution < 1.29 is 26.4 Å². The standard InChI is InChI=1S/C27H37N3O6S2/c1-20-10-12-29(13-11-20)37(32,33)25-6-8-26(9-7-25)38(34,35)30(18-24-5-4-14-36-24)19-27(31)28-23-16-21(2)15-22(3)17-23/h6-9,15-17,20,24H,4-5,10-14,18-19H2,1-3H3,(H,28,31)/t24-/m1/s1. The van der Waals surface area contributed by atoms with E-state index in [0.29, 0.717) is 37.7 Å². The molecule has 0 bridgehead atoms. The predicted octanol–water partition coefficient (Wildman–Crippen LogP) is 3.53. The lowest BCUT2D eigenvalue weighted by Crippen LogP contribution is -2.42. The van der Waals surface area contributed by atoms with Crippen LogP contribution in [0.25, 0.3) is 0 Å². The van der Waals surface area contributed by atoms with Crippen LogP contribution in [-0.4, -0.2) is 70.2 Å². The average Bonchev–Trinajstić information content (AvgIpc) is 3.36. The minimum atomic E-state index is -4.10. The normalized spacial score (nSPS) is 19.6. The number of piperidine rings is 1. The number of carbonyl (C=O) groups is 1. The first-order valence-corrected chi connectivity index (χ1v) is 15.9. The number of sulfonamides is 2. The lowest BCUT2D eigenvalue weighted by atomic mass is 10.0. The number of rotatable bonds is 9. The van der Waals surface area contributed by atoms with Crippen molar-refractivity contribution in [3.8, 4) is 0 Å². The van der Waals surface area contributed by atoms with Crippen LogP contribution in [0.15, 0.2) is 52.3 Å². The highest BCUT2D eigenvalue weighted by Crippen LogP contribution is 2.26. The zero-order valence-electron chi connectivity index (χ0n) is 22.2. The molecular weight excluding hydrogens is 526 g/mol. The number of nitrogens with zero attached hydrogens (tertiary/aromatic N) is 2. The zero-order valence-corrected chi connectivity index (χ0v) is 23.9. The quantitative estimate of drug-likeness (QED) is 0.500. The molecule has 38 heavy (non-hydrogen) atoms. The maximum Gasteiger partial charge on any atom is 0.243 e. The van der Waals surface area contributed by atoms with E-state index >= 15 is 0 Å². The number of hydrogen-bond acceptors (Lipinski definition) is 6. The van der Waals surface area contributed by atoms with E-state index in [0.717, 1.165) is 34.7 Å². The van der Waals surface area contributed by atoms with Crippen molar-refractivity contribution in [3.05, 3.63) is 53.6 Å². The van der Waals surface area contributed by atoms with Gasteiger partial charge >= 0.3 is 0 Å². The number of aryl methyl sites for hydroxylation is 2. The van der Waals surface area contributed by atoms with Crippen LogP contribution in [0.4, 0.5) is 5.69 Å². The fraction of sp³-hybridized carbons (Fsp3) is 0.519. The molecule has 0 aliphatic carbocycles. The van der Waals surface area contributed by atoms with E-state index in [-0.39, 0.29) is 29.0 Å². The van der Waals surface area contributed by atoms with E-state index in [1.807, 2.05) is 32.0 Å². The van der Waals surface area contributed by atoms with Crippen molar-refractivity contribution in [2.45, 2.75) is 62.3 Å². The number of benzene rings is 2. The Balaban J connectivity index is 1.54. The first kappa shape index (κ1) is 28.7. The van der Waals surface area contributed by atoms with Gasteiger partial charge in [0, 0.05) is 31.9 Å². The molecule has 2 fully saturated rings. The summed E-state index contributed by atoms with van der Waals surface area (Å²) in [5, 5.41) is 2.80. The fourth-order valence-corrected chi connectivity index (χ4v) is 7.88. The summed E-state index contributed by atoms with van der Waals surface area (Å²) >= 11 is 0. The Labute approximate surface area is 226 Å². The number of amides is 1. The van der Waals surface area contributed by atoms with Gasteiger partial charge in [-0.3, -0.25) is 4.79 Å². The summed E-state index contributed by atoms with van der Waals surface area (Å²) in [5.41, 5.74) is 2.57. The molecular formula is C27H37N3O6S2. The Hall–Kier alpha value is -2.31. The lowest BCUT2D eigenvalue weighted by molar-refractivity contribution is -0.116. The Bertz CT molecular complexity index is 1330. The number of hydrogen-bond donors (Lipinski definition) is 1. The first-order chi connectivity index (χ1) is 17.9. The molecule has 9 nitrogen and oxygen atoms in total. The van der Waals surface area contributed by atoms with Gasteiger partial charge in [0.2, 0.25) is 26.0 Å². The molecule has 11 heteroatoms. The third kappa shape index (κ3) is 6.81. The number of ether oxygens (including phenoxy) is 1. The highest BCUT2D eigenvalue weighted by molar-refractivity contribution is 7.89. The first-order valence-electron chi connectivity index (χ1n) is 13.1. The summed E-state index contributed by atoms with van der Waals surface area (Å²) in [6, 6.07) is 10.9. The molecule has 0 aromatic heterocycles. The minimum Gasteiger partial charge on any atom is -0.377 e. The van der Waals surface area contributed by atoms with Crippen LogP contribution in [0.5, 0.6) is 0 Å². The van der Waals surface area contributed by atoms with E-state index in [1.165, 1.54) is 28.6 Å². The second-order valence-corrected chi connectivity index (χ2v) is 14.3. The van der Waals surface area contributed by atoms with Crippen molar-refractivity contribution in [1.82, 2.24) is 8.61 Å². The van der Waals surface area contributed by atoms with Gasteiger partial charge in [-0.05, 0) is 93.0 Å². The second-order valence-electron chi connectivity index (χ2n) is 10.4. The van der Waals surface area contributed by atoms with Crippen molar-refractivity contribution in [3.63, 3.8) is 0 Å². The molecule has 2 aliphatic heterocycles. The van der Waals surface area contributed by atoms with Crippen LogP contribution in [0.2, 0.25) is 0 Å². The largest absolute Gasteiger partial charge is 0.377 e. The molecule has 1 amide bonds. The van der Waals surface area contributed by atoms with Crippen LogP contribution in [0.1, 0.15) is 43.7 Å². The SMILES string of the molecule is Cc1cc(C)cc(NC(=O)CN(C[C@H]2CCCO2)S(=O)(=O)c2ccc(S(=O)(=O)N3CCC(C)CC3)cc2)c1. The van der Waals surface area contributed by atoms with Gasteiger partial charge in [-0.25, -0.2) is 16.8 Å². The highest BCUT2D eigenvalue weighted by Gasteiger charge is 2.32. The van der Waals surface area contributed by atoms with E-state index in [2.05, 4.69) is 12.2 Å². The summed E-state index contributed by atoms with van der Waals surface area (Å²) < 4.78 is 61.7. The molecule has 208 valence electrons. The molecule has 2 aliphatic rings. The van der Waals surface area contributed by atoms with Crippen LogP contribution < -0.4 is 5.32 Å². The van der Waals surface area contributed by atoms with Gasteiger partial charge in [-0.15, -0.1) is 0 Å². The van der Waals surface area contributed by atoms with Crippen molar-refractivity contribution in [1.29, 1.82) is 0 Å². The van der Waals surface area contributed by atoms with Crippen molar-refractivity contribution >= 4 is 31.6 Å².